The molecule has 6 nitrogen and oxygen atoms in total. The second-order valence-electron chi connectivity index (χ2n) is 5.36. The highest BCUT2D eigenvalue weighted by Crippen LogP contribution is 2.19. The van der Waals surface area contributed by atoms with Gasteiger partial charge < -0.3 is 10.2 Å². The molecule has 20 heavy (non-hydrogen) atoms. The van der Waals surface area contributed by atoms with E-state index in [1.807, 2.05) is 25.1 Å². The summed E-state index contributed by atoms with van der Waals surface area (Å²) in [6, 6.07) is 4.00. The molecule has 0 radical (unpaired) electrons. The number of likely N-dealkylation sites (N-methyl/N-ethyl adjacent to an activating group) is 1. The first kappa shape index (κ1) is 15.4. The molecule has 0 saturated heterocycles. The summed E-state index contributed by atoms with van der Waals surface area (Å²) in [6.07, 6.45) is 4.08. The number of pyridine rings is 1. The molecule has 0 bridgehead atoms. The Morgan fingerprint density at radius 2 is 2.10 bits per heavy atom. The normalized spacial score (nSPS) is 15.8. The number of sulfonamides is 1. The van der Waals surface area contributed by atoms with Crippen molar-refractivity contribution < 1.29 is 8.42 Å². The van der Waals surface area contributed by atoms with Crippen LogP contribution in [0.2, 0.25) is 0 Å². The zero-order chi connectivity index (χ0) is 14.6. The van der Waals surface area contributed by atoms with Crippen molar-refractivity contribution in [1.29, 1.82) is 0 Å². The Hall–Kier alpha value is -1.02. The molecular formula is C13H22N4O2S. The molecule has 1 aliphatic carbocycles. The number of nitrogens with one attached hydrogen (secondary N) is 2. The standard InChI is InChI=1S/C13H22N4O2S/c1-17(2)8-7-16-20(18,19)13-6-3-11(10-15-13)9-14-12-4-5-12/h3,6,10,12,14,16H,4-5,7-9H2,1-2H3. The van der Waals surface area contributed by atoms with Crippen molar-refractivity contribution in [2.24, 2.45) is 0 Å². The van der Waals surface area contributed by atoms with E-state index in [1.54, 1.807) is 12.3 Å². The molecule has 2 N–H and O–H groups in total. The first-order valence-electron chi connectivity index (χ1n) is 6.80. The van der Waals surface area contributed by atoms with E-state index in [0.29, 0.717) is 19.1 Å². The van der Waals surface area contributed by atoms with Gasteiger partial charge in [0.25, 0.3) is 10.0 Å². The van der Waals surface area contributed by atoms with E-state index >= 15 is 0 Å². The molecule has 1 fully saturated rings. The summed E-state index contributed by atoms with van der Waals surface area (Å²) in [7, 11) is 0.294. The molecule has 1 heterocycles. The van der Waals surface area contributed by atoms with Crippen molar-refractivity contribution in [3.05, 3.63) is 23.9 Å². The SMILES string of the molecule is CN(C)CCNS(=O)(=O)c1ccc(CNC2CC2)cn1. The van der Waals surface area contributed by atoms with Gasteiger partial charge in [0.05, 0.1) is 0 Å². The largest absolute Gasteiger partial charge is 0.310 e. The topological polar surface area (TPSA) is 74.3 Å². The van der Waals surface area contributed by atoms with Gasteiger partial charge in [-0.05, 0) is 38.6 Å². The van der Waals surface area contributed by atoms with Crippen molar-refractivity contribution >= 4 is 10.0 Å². The summed E-state index contributed by atoms with van der Waals surface area (Å²) in [5.74, 6) is 0. The Balaban J connectivity index is 1.89. The number of nitrogens with zero attached hydrogens (tertiary/aromatic N) is 2. The first-order chi connectivity index (χ1) is 9.47. The van der Waals surface area contributed by atoms with Gasteiger partial charge in [0.2, 0.25) is 0 Å². The minimum Gasteiger partial charge on any atom is -0.310 e. The molecule has 0 atom stereocenters. The van der Waals surface area contributed by atoms with Crippen molar-refractivity contribution in [3.63, 3.8) is 0 Å². The van der Waals surface area contributed by atoms with Crippen LogP contribution in [0.3, 0.4) is 0 Å². The zero-order valence-electron chi connectivity index (χ0n) is 12.0. The fourth-order valence-electron chi connectivity index (χ4n) is 1.70. The van der Waals surface area contributed by atoms with E-state index in [9.17, 15) is 8.42 Å². The second-order valence-corrected chi connectivity index (χ2v) is 7.07. The van der Waals surface area contributed by atoms with E-state index in [4.69, 9.17) is 0 Å². The number of hydrogen-bond donors (Lipinski definition) is 2. The molecule has 0 amide bonds. The van der Waals surface area contributed by atoms with Gasteiger partial charge in [-0.2, -0.15) is 0 Å². The van der Waals surface area contributed by atoms with E-state index in [-0.39, 0.29) is 5.03 Å². The fourth-order valence-corrected chi connectivity index (χ4v) is 2.65. The Kier molecular flexibility index (Phi) is 5.09. The molecule has 0 aromatic carbocycles. The van der Waals surface area contributed by atoms with Gasteiger partial charge >= 0.3 is 0 Å². The van der Waals surface area contributed by atoms with Crippen LogP contribution in [-0.2, 0) is 16.6 Å². The van der Waals surface area contributed by atoms with Crippen molar-refractivity contribution in [1.82, 2.24) is 19.9 Å². The molecule has 112 valence electrons. The summed E-state index contributed by atoms with van der Waals surface area (Å²) >= 11 is 0. The smallest absolute Gasteiger partial charge is 0.258 e. The Morgan fingerprint density at radius 1 is 1.35 bits per heavy atom. The Morgan fingerprint density at radius 3 is 2.65 bits per heavy atom. The van der Waals surface area contributed by atoms with Crippen LogP contribution in [-0.4, -0.2) is 51.5 Å². The third-order valence-corrected chi connectivity index (χ3v) is 4.47. The molecule has 2 rings (SSSR count). The average molecular weight is 298 g/mol. The first-order valence-corrected chi connectivity index (χ1v) is 8.28. The molecular weight excluding hydrogens is 276 g/mol. The third kappa shape index (κ3) is 4.82. The molecule has 1 aromatic heterocycles. The van der Waals surface area contributed by atoms with Crippen LogP contribution in [0.4, 0.5) is 0 Å². The van der Waals surface area contributed by atoms with Gasteiger partial charge in [0, 0.05) is 31.9 Å². The lowest BCUT2D eigenvalue weighted by molar-refractivity contribution is 0.412. The van der Waals surface area contributed by atoms with Crippen LogP contribution < -0.4 is 10.0 Å². The minimum atomic E-state index is -3.50. The zero-order valence-corrected chi connectivity index (χ0v) is 12.8. The van der Waals surface area contributed by atoms with E-state index in [2.05, 4.69) is 15.0 Å². The van der Waals surface area contributed by atoms with Gasteiger partial charge in [-0.1, -0.05) is 6.07 Å². The van der Waals surface area contributed by atoms with Crippen LogP contribution in [0.15, 0.2) is 23.4 Å². The lowest BCUT2D eigenvalue weighted by atomic mass is 10.3. The minimum absolute atomic E-state index is 0.0754. The molecule has 1 aliphatic rings. The van der Waals surface area contributed by atoms with Crippen molar-refractivity contribution in [3.8, 4) is 0 Å². The van der Waals surface area contributed by atoms with Crippen molar-refractivity contribution in [2.45, 2.75) is 30.5 Å². The van der Waals surface area contributed by atoms with Crippen LogP contribution >= 0.6 is 0 Å². The number of rotatable bonds is 8. The maximum Gasteiger partial charge on any atom is 0.258 e. The Labute approximate surface area is 120 Å². The summed E-state index contributed by atoms with van der Waals surface area (Å²) in [5.41, 5.74) is 1.00. The highest BCUT2D eigenvalue weighted by molar-refractivity contribution is 7.89. The number of hydrogen-bond acceptors (Lipinski definition) is 5. The Bertz CT molecular complexity index is 524. The second kappa shape index (κ2) is 6.62. The van der Waals surface area contributed by atoms with E-state index < -0.39 is 10.0 Å². The van der Waals surface area contributed by atoms with E-state index in [0.717, 1.165) is 12.1 Å². The third-order valence-electron chi connectivity index (χ3n) is 3.10. The van der Waals surface area contributed by atoms with Gasteiger partial charge in [0.1, 0.15) is 0 Å². The molecule has 1 aromatic rings. The van der Waals surface area contributed by atoms with Crippen LogP contribution in [0.1, 0.15) is 18.4 Å². The summed E-state index contributed by atoms with van der Waals surface area (Å²) in [4.78, 5) is 5.96. The molecule has 0 spiro atoms. The average Bonchev–Trinajstić information content (AvgIpc) is 3.20. The fraction of sp³-hybridized carbons (Fsp3) is 0.615. The van der Waals surface area contributed by atoms with E-state index in [1.165, 1.54) is 12.8 Å². The lowest BCUT2D eigenvalue weighted by Crippen LogP contribution is -2.31. The maximum atomic E-state index is 12.0. The molecule has 1 saturated carbocycles. The van der Waals surface area contributed by atoms with Gasteiger partial charge in [-0.15, -0.1) is 0 Å². The van der Waals surface area contributed by atoms with Gasteiger partial charge in [-0.25, -0.2) is 18.1 Å². The summed E-state index contributed by atoms with van der Waals surface area (Å²) in [5, 5.41) is 3.44. The predicted octanol–water partition coefficient (Wildman–Crippen LogP) is 0.174. The molecule has 0 aliphatic heterocycles. The number of aromatic nitrogens is 1. The summed E-state index contributed by atoms with van der Waals surface area (Å²) in [6.45, 7) is 1.77. The highest BCUT2D eigenvalue weighted by Gasteiger charge is 2.20. The molecule has 7 heteroatoms. The summed E-state index contributed by atoms with van der Waals surface area (Å²) < 4.78 is 26.5. The van der Waals surface area contributed by atoms with Gasteiger partial charge in [0.15, 0.2) is 5.03 Å². The predicted molar refractivity (Wildman–Crippen MR) is 77.8 cm³/mol. The maximum absolute atomic E-state index is 12.0. The highest BCUT2D eigenvalue weighted by atomic mass is 32.2. The van der Waals surface area contributed by atoms with Crippen LogP contribution in [0.5, 0.6) is 0 Å². The molecule has 0 unspecified atom stereocenters. The van der Waals surface area contributed by atoms with Crippen LogP contribution in [0, 0.1) is 0 Å². The van der Waals surface area contributed by atoms with Gasteiger partial charge in [-0.3, -0.25) is 0 Å². The van der Waals surface area contributed by atoms with Crippen molar-refractivity contribution in [2.75, 3.05) is 27.2 Å². The lowest BCUT2D eigenvalue weighted by Gasteiger charge is -2.10. The quantitative estimate of drug-likeness (QED) is 0.716. The van der Waals surface area contributed by atoms with Crippen LogP contribution in [0.25, 0.3) is 0 Å². The monoisotopic (exact) mass is 298 g/mol.